The van der Waals surface area contributed by atoms with E-state index >= 15 is 0 Å². The van der Waals surface area contributed by atoms with Crippen molar-refractivity contribution in [3.8, 4) is 11.5 Å². The van der Waals surface area contributed by atoms with Crippen LogP contribution in [0.15, 0.2) is 42.5 Å². The Labute approximate surface area is 125 Å². The summed E-state index contributed by atoms with van der Waals surface area (Å²) >= 11 is 0. The third kappa shape index (κ3) is 3.42. The number of benzene rings is 2. The van der Waals surface area contributed by atoms with Crippen molar-refractivity contribution in [3.05, 3.63) is 59.4 Å². The fourth-order valence-electron chi connectivity index (χ4n) is 2.30. The fraction of sp³-hybridized carbons (Fsp3) is 0.333. The van der Waals surface area contributed by atoms with Crippen LogP contribution in [-0.2, 0) is 0 Å². The number of para-hydroxylation sites is 2. The van der Waals surface area contributed by atoms with E-state index in [1.165, 1.54) is 6.07 Å². The molecule has 0 heterocycles. The standard InChI is InChI=1S/C18H22FNO/c1-4-12(2)14-8-5-6-11-17(14)21-18-15(13(3)20)9-7-10-16(18)19/h5-13H,4,20H2,1-3H3. The Hall–Kier alpha value is -1.87. The second-order valence-corrected chi connectivity index (χ2v) is 5.40. The second-order valence-electron chi connectivity index (χ2n) is 5.40. The maximum atomic E-state index is 14.1. The van der Waals surface area contributed by atoms with Gasteiger partial charge in [-0.2, -0.15) is 0 Å². The molecule has 0 aliphatic carbocycles. The largest absolute Gasteiger partial charge is 0.454 e. The summed E-state index contributed by atoms with van der Waals surface area (Å²) in [5.41, 5.74) is 7.67. The third-order valence-corrected chi connectivity index (χ3v) is 3.76. The van der Waals surface area contributed by atoms with Gasteiger partial charge in [0.05, 0.1) is 0 Å². The van der Waals surface area contributed by atoms with Crippen molar-refractivity contribution in [3.63, 3.8) is 0 Å². The molecular formula is C18H22FNO. The maximum absolute atomic E-state index is 14.1. The molecule has 0 amide bonds. The van der Waals surface area contributed by atoms with Crippen LogP contribution in [0.3, 0.4) is 0 Å². The van der Waals surface area contributed by atoms with Crippen molar-refractivity contribution in [2.24, 2.45) is 5.73 Å². The summed E-state index contributed by atoms with van der Waals surface area (Å²) in [4.78, 5) is 0. The average Bonchev–Trinajstić information content (AvgIpc) is 2.48. The van der Waals surface area contributed by atoms with E-state index in [1.54, 1.807) is 12.1 Å². The van der Waals surface area contributed by atoms with Gasteiger partial charge in [-0.1, -0.05) is 44.2 Å². The second kappa shape index (κ2) is 6.72. The molecule has 2 aromatic rings. The maximum Gasteiger partial charge on any atom is 0.167 e. The predicted molar refractivity (Wildman–Crippen MR) is 84.2 cm³/mol. The van der Waals surface area contributed by atoms with E-state index in [0.29, 0.717) is 17.2 Å². The highest BCUT2D eigenvalue weighted by Crippen LogP contribution is 2.36. The van der Waals surface area contributed by atoms with Crippen LogP contribution in [0.5, 0.6) is 11.5 Å². The van der Waals surface area contributed by atoms with Crippen molar-refractivity contribution in [2.45, 2.75) is 39.2 Å². The quantitative estimate of drug-likeness (QED) is 0.825. The topological polar surface area (TPSA) is 35.2 Å². The molecule has 0 spiro atoms. The Morgan fingerprint density at radius 2 is 1.71 bits per heavy atom. The lowest BCUT2D eigenvalue weighted by Gasteiger charge is -2.18. The van der Waals surface area contributed by atoms with Crippen LogP contribution in [0.25, 0.3) is 0 Å². The first-order valence-electron chi connectivity index (χ1n) is 7.35. The highest BCUT2D eigenvalue weighted by molar-refractivity contribution is 5.44. The van der Waals surface area contributed by atoms with Crippen LogP contribution in [0.4, 0.5) is 4.39 Å². The van der Waals surface area contributed by atoms with Gasteiger partial charge in [-0.05, 0) is 37.0 Å². The SMILES string of the molecule is CCC(C)c1ccccc1Oc1c(F)cccc1C(C)N. The molecule has 2 atom stereocenters. The highest BCUT2D eigenvalue weighted by atomic mass is 19.1. The molecule has 0 aliphatic heterocycles. The first-order chi connectivity index (χ1) is 10.0. The van der Waals surface area contributed by atoms with E-state index in [2.05, 4.69) is 13.8 Å². The molecule has 2 rings (SSSR count). The molecule has 0 radical (unpaired) electrons. The number of halogens is 1. The Kier molecular flexibility index (Phi) is 4.97. The number of rotatable bonds is 5. The molecule has 0 aromatic heterocycles. The number of hydrogen-bond donors (Lipinski definition) is 1. The molecule has 2 aromatic carbocycles. The summed E-state index contributed by atoms with van der Waals surface area (Å²) < 4.78 is 20.0. The lowest BCUT2D eigenvalue weighted by atomic mass is 9.98. The smallest absolute Gasteiger partial charge is 0.167 e. The van der Waals surface area contributed by atoms with E-state index in [4.69, 9.17) is 10.5 Å². The fourth-order valence-corrected chi connectivity index (χ4v) is 2.30. The molecule has 0 saturated carbocycles. The van der Waals surface area contributed by atoms with Gasteiger partial charge >= 0.3 is 0 Å². The van der Waals surface area contributed by atoms with Gasteiger partial charge in [0.25, 0.3) is 0 Å². The molecule has 112 valence electrons. The van der Waals surface area contributed by atoms with Gasteiger partial charge in [-0.15, -0.1) is 0 Å². The van der Waals surface area contributed by atoms with Crippen LogP contribution in [0.2, 0.25) is 0 Å². The summed E-state index contributed by atoms with van der Waals surface area (Å²) in [7, 11) is 0. The molecule has 3 heteroatoms. The zero-order chi connectivity index (χ0) is 15.4. The normalized spacial score (nSPS) is 13.8. The molecule has 0 aliphatic rings. The van der Waals surface area contributed by atoms with Crippen LogP contribution in [0, 0.1) is 5.82 Å². The Balaban J connectivity index is 2.44. The summed E-state index contributed by atoms with van der Waals surface area (Å²) in [6.45, 7) is 6.08. The monoisotopic (exact) mass is 287 g/mol. The lowest BCUT2D eigenvalue weighted by Crippen LogP contribution is -2.08. The first kappa shape index (κ1) is 15.5. The highest BCUT2D eigenvalue weighted by Gasteiger charge is 2.16. The minimum Gasteiger partial charge on any atom is -0.454 e. The van der Waals surface area contributed by atoms with Gasteiger partial charge in [0.15, 0.2) is 11.6 Å². The van der Waals surface area contributed by atoms with Crippen molar-refractivity contribution < 1.29 is 9.13 Å². The average molecular weight is 287 g/mol. The summed E-state index contributed by atoms with van der Waals surface area (Å²) in [5, 5.41) is 0. The van der Waals surface area contributed by atoms with E-state index < -0.39 is 0 Å². The summed E-state index contributed by atoms with van der Waals surface area (Å²) in [5.74, 6) is 0.887. The number of hydrogen-bond acceptors (Lipinski definition) is 2. The zero-order valence-corrected chi connectivity index (χ0v) is 12.8. The van der Waals surface area contributed by atoms with Crippen molar-refractivity contribution in [2.75, 3.05) is 0 Å². The van der Waals surface area contributed by atoms with Crippen molar-refractivity contribution in [1.82, 2.24) is 0 Å². The Morgan fingerprint density at radius 1 is 1.05 bits per heavy atom. The van der Waals surface area contributed by atoms with E-state index in [-0.39, 0.29) is 17.6 Å². The van der Waals surface area contributed by atoms with Crippen LogP contribution in [-0.4, -0.2) is 0 Å². The van der Waals surface area contributed by atoms with Crippen molar-refractivity contribution >= 4 is 0 Å². The molecule has 0 saturated heterocycles. The van der Waals surface area contributed by atoms with Crippen LogP contribution in [0.1, 0.15) is 50.3 Å². The van der Waals surface area contributed by atoms with E-state index in [0.717, 1.165) is 12.0 Å². The van der Waals surface area contributed by atoms with Crippen LogP contribution >= 0.6 is 0 Å². The minimum atomic E-state index is -0.385. The molecule has 2 unspecified atom stereocenters. The van der Waals surface area contributed by atoms with Gasteiger partial charge in [0.1, 0.15) is 5.75 Å². The van der Waals surface area contributed by atoms with E-state index in [9.17, 15) is 4.39 Å². The number of nitrogens with two attached hydrogens (primary N) is 1. The molecular weight excluding hydrogens is 265 g/mol. The lowest BCUT2D eigenvalue weighted by molar-refractivity contribution is 0.425. The van der Waals surface area contributed by atoms with Crippen LogP contribution < -0.4 is 10.5 Å². The first-order valence-corrected chi connectivity index (χ1v) is 7.35. The number of ether oxygens (including phenoxy) is 1. The minimum absolute atomic E-state index is 0.225. The van der Waals surface area contributed by atoms with Gasteiger partial charge in [0, 0.05) is 11.6 Å². The Morgan fingerprint density at radius 3 is 2.38 bits per heavy atom. The van der Waals surface area contributed by atoms with E-state index in [1.807, 2.05) is 31.2 Å². The van der Waals surface area contributed by atoms with Gasteiger partial charge < -0.3 is 10.5 Å². The zero-order valence-electron chi connectivity index (χ0n) is 12.8. The molecule has 0 fully saturated rings. The predicted octanol–water partition coefficient (Wildman–Crippen LogP) is 5.15. The van der Waals surface area contributed by atoms with Gasteiger partial charge in [-0.25, -0.2) is 4.39 Å². The van der Waals surface area contributed by atoms with Gasteiger partial charge in [0.2, 0.25) is 0 Å². The van der Waals surface area contributed by atoms with Gasteiger partial charge in [-0.3, -0.25) is 0 Å². The molecule has 0 bridgehead atoms. The summed E-state index contributed by atoms with van der Waals surface area (Å²) in [6.07, 6.45) is 0.998. The molecule has 2 nitrogen and oxygen atoms in total. The molecule has 21 heavy (non-hydrogen) atoms. The third-order valence-electron chi connectivity index (χ3n) is 3.76. The van der Waals surface area contributed by atoms with Crippen molar-refractivity contribution in [1.29, 1.82) is 0 Å². The Bertz CT molecular complexity index is 610. The molecule has 2 N–H and O–H groups in total. The summed E-state index contributed by atoms with van der Waals surface area (Å²) in [6, 6.07) is 12.3.